The molecule has 2 aromatic rings. The lowest BCUT2D eigenvalue weighted by Gasteiger charge is -2.38. The van der Waals surface area contributed by atoms with Gasteiger partial charge in [-0.2, -0.15) is 0 Å². The van der Waals surface area contributed by atoms with Crippen LogP contribution in [0.4, 0.5) is 8.78 Å². The monoisotopic (exact) mass is 426 g/mol. The standard InChI is InChI=1S/C28H36F2O/c1-3-5-19-6-8-20(9-7-19)21-10-12-22(13-11-21)25-17-23-14-15-24(31-16-4-2)18-26(23)28(30)27(25)29/h4,14-15,17-22H,2-3,5-13,16H2,1H3. The molecular weight excluding hydrogens is 390 g/mol. The van der Waals surface area contributed by atoms with Gasteiger partial charge in [0.2, 0.25) is 0 Å². The number of hydrogen-bond acceptors (Lipinski definition) is 1. The van der Waals surface area contributed by atoms with E-state index in [1.54, 1.807) is 12.1 Å². The normalized spacial score (nSPS) is 26.7. The first-order chi connectivity index (χ1) is 15.1. The summed E-state index contributed by atoms with van der Waals surface area (Å²) in [6, 6.07) is 7.11. The second-order valence-corrected chi connectivity index (χ2v) is 9.76. The minimum Gasteiger partial charge on any atom is -0.490 e. The molecule has 0 amide bonds. The van der Waals surface area contributed by atoms with E-state index in [1.165, 1.54) is 38.5 Å². The third kappa shape index (κ3) is 4.96. The zero-order valence-corrected chi connectivity index (χ0v) is 18.8. The van der Waals surface area contributed by atoms with Crippen molar-refractivity contribution in [2.45, 2.75) is 77.0 Å². The highest BCUT2D eigenvalue weighted by atomic mass is 19.2. The Balaban J connectivity index is 1.43. The topological polar surface area (TPSA) is 9.23 Å². The van der Waals surface area contributed by atoms with Gasteiger partial charge >= 0.3 is 0 Å². The van der Waals surface area contributed by atoms with Crippen molar-refractivity contribution in [2.75, 3.05) is 6.61 Å². The van der Waals surface area contributed by atoms with Gasteiger partial charge in [-0.05, 0) is 91.3 Å². The van der Waals surface area contributed by atoms with E-state index in [0.29, 0.717) is 23.3 Å². The van der Waals surface area contributed by atoms with E-state index in [-0.39, 0.29) is 5.92 Å². The van der Waals surface area contributed by atoms with Crippen LogP contribution in [0.25, 0.3) is 10.8 Å². The number of benzene rings is 2. The highest BCUT2D eigenvalue weighted by Gasteiger charge is 2.32. The number of ether oxygens (including phenoxy) is 1. The van der Waals surface area contributed by atoms with E-state index >= 15 is 4.39 Å². The summed E-state index contributed by atoms with van der Waals surface area (Å²) in [5.41, 5.74) is 0.565. The summed E-state index contributed by atoms with van der Waals surface area (Å²) >= 11 is 0. The first-order valence-electron chi connectivity index (χ1n) is 12.3. The molecule has 2 fully saturated rings. The Morgan fingerprint density at radius 1 is 0.935 bits per heavy atom. The molecule has 0 aliphatic heterocycles. The average molecular weight is 427 g/mol. The molecular formula is C28H36F2O. The summed E-state index contributed by atoms with van der Waals surface area (Å²) in [5.74, 6) is 1.81. The minimum atomic E-state index is -0.743. The molecule has 0 aromatic heterocycles. The van der Waals surface area contributed by atoms with Crippen molar-refractivity contribution in [3.05, 3.63) is 54.1 Å². The lowest BCUT2D eigenvalue weighted by Crippen LogP contribution is -2.25. The van der Waals surface area contributed by atoms with Gasteiger partial charge in [-0.25, -0.2) is 8.78 Å². The van der Waals surface area contributed by atoms with Crippen molar-refractivity contribution in [3.63, 3.8) is 0 Å². The Morgan fingerprint density at radius 3 is 2.26 bits per heavy atom. The van der Waals surface area contributed by atoms with Crippen LogP contribution < -0.4 is 4.74 Å². The number of rotatable bonds is 7. The third-order valence-corrected chi connectivity index (χ3v) is 7.85. The van der Waals surface area contributed by atoms with Gasteiger partial charge in [0.1, 0.15) is 12.4 Å². The molecule has 2 aliphatic rings. The SMILES string of the molecule is C=CCOc1ccc2cc(C3CCC(C4CCC(CCC)CC4)CC3)c(F)c(F)c2c1. The van der Waals surface area contributed by atoms with Crippen LogP contribution in [0, 0.1) is 29.4 Å². The lowest BCUT2D eigenvalue weighted by atomic mass is 9.68. The van der Waals surface area contributed by atoms with Crippen molar-refractivity contribution in [1.29, 1.82) is 0 Å². The molecule has 168 valence electrons. The van der Waals surface area contributed by atoms with Crippen LogP contribution in [0.2, 0.25) is 0 Å². The predicted octanol–water partition coefficient (Wildman–Crippen LogP) is 8.56. The van der Waals surface area contributed by atoms with Gasteiger partial charge in [0.15, 0.2) is 11.6 Å². The second kappa shape index (κ2) is 10.1. The van der Waals surface area contributed by atoms with Gasteiger partial charge < -0.3 is 4.74 Å². The van der Waals surface area contributed by atoms with Crippen LogP contribution in [0.5, 0.6) is 5.75 Å². The quantitative estimate of drug-likeness (QED) is 0.403. The highest BCUT2D eigenvalue weighted by Crippen LogP contribution is 2.45. The number of halogens is 2. The Kier molecular flexibility index (Phi) is 7.30. The molecule has 2 aromatic carbocycles. The van der Waals surface area contributed by atoms with Crippen molar-refractivity contribution < 1.29 is 13.5 Å². The van der Waals surface area contributed by atoms with Crippen LogP contribution in [-0.2, 0) is 0 Å². The molecule has 0 N–H and O–H groups in total. The molecule has 0 spiro atoms. The molecule has 31 heavy (non-hydrogen) atoms. The summed E-state index contributed by atoms with van der Waals surface area (Å²) in [5, 5.41) is 1.04. The molecule has 0 heterocycles. The van der Waals surface area contributed by atoms with E-state index in [9.17, 15) is 4.39 Å². The largest absolute Gasteiger partial charge is 0.490 e. The summed E-state index contributed by atoms with van der Waals surface area (Å²) in [4.78, 5) is 0. The lowest BCUT2D eigenvalue weighted by molar-refractivity contribution is 0.156. The Bertz CT molecular complexity index is 890. The first-order valence-corrected chi connectivity index (χ1v) is 12.3. The fourth-order valence-corrected chi connectivity index (χ4v) is 6.13. The number of fused-ring (bicyclic) bond motifs is 1. The van der Waals surface area contributed by atoms with E-state index in [2.05, 4.69) is 13.5 Å². The summed E-state index contributed by atoms with van der Waals surface area (Å²) in [6.45, 7) is 6.25. The molecule has 2 saturated carbocycles. The molecule has 3 heteroatoms. The van der Waals surface area contributed by atoms with Crippen LogP contribution in [0.1, 0.15) is 82.6 Å². The van der Waals surface area contributed by atoms with Gasteiger partial charge in [-0.1, -0.05) is 51.3 Å². The van der Waals surface area contributed by atoms with E-state index < -0.39 is 11.6 Å². The zero-order chi connectivity index (χ0) is 21.8. The van der Waals surface area contributed by atoms with Gasteiger partial charge in [0, 0.05) is 5.39 Å². The molecule has 2 aliphatic carbocycles. The van der Waals surface area contributed by atoms with Crippen LogP contribution >= 0.6 is 0 Å². The van der Waals surface area contributed by atoms with Crippen molar-refractivity contribution in [1.82, 2.24) is 0 Å². The molecule has 1 nitrogen and oxygen atoms in total. The highest BCUT2D eigenvalue weighted by molar-refractivity contribution is 5.85. The molecule has 4 rings (SSSR count). The first kappa shape index (κ1) is 22.3. The van der Waals surface area contributed by atoms with Crippen molar-refractivity contribution in [3.8, 4) is 5.75 Å². The van der Waals surface area contributed by atoms with E-state index in [4.69, 9.17) is 4.74 Å². The zero-order valence-electron chi connectivity index (χ0n) is 18.8. The van der Waals surface area contributed by atoms with Crippen molar-refractivity contribution >= 4 is 10.8 Å². The van der Waals surface area contributed by atoms with Gasteiger partial charge in [-0.15, -0.1) is 0 Å². The Morgan fingerprint density at radius 2 is 1.61 bits per heavy atom. The van der Waals surface area contributed by atoms with Crippen LogP contribution in [0.15, 0.2) is 36.9 Å². The molecule has 0 saturated heterocycles. The molecule has 0 atom stereocenters. The average Bonchev–Trinajstić information content (AvgIpc) is 2.81. The summed E-state index contributed by atoms with van der Waals surface area (Å²) < 4.78 is 35.5. The minimum absolute atomic E-state index is 0.128. The Hall–Kier alpha value is -1.90. The molecule has 0 unspecified atom stereocenters. The summed E-state index contributed by atoms with van der Waals surface area (Å²) in [7, 11) is 0. The second-order valence-electron chi connectivity index (χ2n) is 9.76. The fourth-order valence-electron chi connectivity index (χ4n) is 6.13. The van der Waals surface area contributed by atoms with Gasteiger partial charge in [-0.3, -0.25) is 0 Å². The maximum Gasteiger partial charge on any atom is 0.167 e. The van der Waals surface area contributed by atoms with E-state index in [0.717, 1.165) is 48.8 Å². The predicted molar refractivity (Wildman–Crippen MR) is 125 cm³/mol. The third-order valence-electron chi connectivity index (χ3n) is 7.85. The number of hydrogen-bond donors (Lipinski definition) is 0. The Labute approximate surface area is 185 Å². The maximum absolute atomic E-state index is 15.0. The van der Waals surface area contributed by atoms with Crippen molar-refractivity contribution in [2.24, 2.45) is 17.8 Å². The maximum atomic E-state index is 15.0. The van der Waals surface area contributed by atoms with Crippen LogP contribution in [-0.4, -0.2) is 6.61 Å². The summed E-state index contributed by atoms with van der Waals surface area (Å²) in [6.07, 6.45) is 14.1. The van der Waals surface area contributed by atoms with E-state index in [1.807, 2.05) is 18.2 Å². The fraction of sp³-hybridized carbons (Fsp3) is 0.571. The smallest absolute Gasteiger partial charge is 0.167 e. The van der Waals surface area contributed by atoms with Gasteiger partial charge in [0.05, 0.1) is 0 Å². The molecule has 0 bridgehead atoms. The van der Waals surface area contributed by atoms with Gasteiger partial charge in [0.25, 0.3) is 0 Å². The van der Waals surface area contributed by atoms with Crippen LogP contribution in [0.3, 0.4) is 0 Å². The molecule has 0 radical (unpaired) electrons.